The number of nitrogens with one attached hydrogen (secondary N) is 1. The van der Waals surface area contributed by atoms with E-state index in [1.54, 1.807) is 0 Å². The lowest BCUT2D eigenvalue weighted by Gasteiger charge is -2.41. The fourth-order valence-electron chi connectivity index (χ4n) is 3.86. The minimum absolute atomic E-state index is 0. The average molecular weight is 358 g/mol. The number of rotatable bonds is 4. The van der Waals surface area contributed by atoms with Crippen molar-refractivity contribution in [2.24, 2.45) is 5.41 Å². The van der Waals surface area contributed by atoms with E-state index in [9.17, 15) is 0 Å². The Bertz CT molecular complexity index is 495. The molecule has 3 rings (SSSR count). The van der Waals surface area contributed by atoms with E-state index in [0.29, 0.717) is 11.5 Å². The van der Waals surface area contributed by atoms with Gasteiger partial charge in [-0.2, -0.15) is 0 Å². The van der Waals surface area contributed by atoms with Crippen molar-refractivity contribution in [2.75, 3.05) is 45.8 Å². The molecule has 2 aliphatic rings. The molecule has 2 unspecified atom stereocenters. The molecule has 3 nitrogen and oxygen atoms in total. The second kappa shape index (κ2) is 8.17. The van der Waals surface area contributed by atoms with Crippen LogP contribution in [0, 0.1) is 5.41 Å². The molecule has 1 aromatic carbocycles. The Balaban J connectivity index is 0.00000192. The number of hydrogen-bond acceptors (Lipinski definition) is 3. The van der Waals surface area contributed by atoms with Crippen LogP contribution in [0.15, 0.2) is 24.3 Å². The van der Waals surface area contributed by atoms with Gasteiger partial charge in [0.1, 0.15) is 0 Å². The van der Waals surface area contributed by atoms with Crippen molar-refractivity contribution in [1.29, 1.82) is 0 Å². The van der Waals surface area contributed by atoms with Crippen molar-refractivity contribution in [3.63, 3.8) is 0 Å². The summed E-state index contributed by atoms with van der Waals surface area (Å²) < 4.78 is 0. The molecule has 2 heterocycles. The van der Waals surface area contributed by atoms with Crippen LogP contribution >= 0.6 is 24.0 Å². The zero-order chi connectivity index (χ0) is 15.6. The standard InChI is InChI=1S/C18H28ClN3.ClH/c1-15(16-5-3-4-6-17(16)19)22-11-9-21(10-12-22)14-18(2)7-8-20-13-18;/h3-6,15,20H,7-14H2,1-2H3;1H. The van der Waals surface area contributed by atoms with Crippen LogP contribution < -0.4 is 5.32 Å². The number of nitrogens with zero attached hydrogens (tertiary/aromatic N) is 2. The molecule has 0 saturated carbocycles. The van der Waals surface area contributed by atoms with Crippen LogP contribution in [0.3, 0.4) is 0 Å². The van der Waals surface area contributed by atoms with Crippen LogP contribution in [0.5, 0.6) is 0 Å². The maximum absolute atomic E-state index is 6.35. The SMILES string of the molecule is CC(c1ccccc1Cl)N1CCN(CC2(C)CCNC2)CC1.Cl. The molecule has 1 aromatic rings. The summed E-state index contributed by atoms with van der Waals surface area (Å²) in [6.07, 6.45) is 1.31. The first-order chi connectivity index (χ1) is 10.6. The van der Waals surface area contributed by atoms with Gasteiger partial charge in [0.2, 0.25) is 0 Å². The quantitative estimate of drug-likeness (QED) is 0.890. The molecule has 0 aliphatic carbocycles. The highest BCUT2D eigenvalue weighted by atomic mass is 35.5. The summed E-state index contributed by atoms with van der Waals surface area (Å²) in [7, 11) is 0. The monoisotopic (exact) mass is 357 g/mol. The van der Waals surface area contributed by atoms with Gasteiger partial charge in [0.15, 0.2) is 0 Å². The molecule has 2 saturated heterocycles. The Kier molecular flexibility index (Phi) is 6.76. The summed E-state index contributed by atoms with van der Waals surface area (Å²) in [6, 6.07) is 8.65. The van der Waals surface area contributed by atoms with Crippen molar-refractivity contribution >= 4 is 24.0 Å². The molecule has 0 spiro atoms. The van der Waals surface area contributed by atoms with Gasteiger partial charge < -0.3 is 10.2 Å². The van der Waals surface area contributed by atoms with Crippen molar-refractivity contribution in [3.8, 4) is 0 Å². The van der Waals surface area contributed by atoms with Crippen molar-refractivity contribution < 1.29 is 0 Å². The third-order valence-corrected chi connectivity index (χ3v) is 5.72. The van der Waals surface area contributed by atoms with E-state index < -0.39 is 0 Å². The summed E-state index contributed by atoms with van der Waals surface area (Å²) >= 11 is 6.35. The molecule has 2 fully saturated rings. The summed E-state index contributed by atoms with van der Waals surface area (Å²) in [5.74, 6) is 0. The first kappa shape index (κ1) is 19.0. The molecule has 23 heavy (non-hydrogen) atoms. The Labute approximate surface area is 151 Å². The second-order valence-electron chi connectivity index (χ2n) is 7.25. The number of halogens is 2. The summed E-state index contributed by atoms with van der Waals surface area (Å²) in [5, 5.41) is 4.40. The summed E-state index contributed by atoms with van der Waals surface area (Å²) in [6.45, 7) is 12.9. The zero-order valence-corrected chi connectivity index (χ0v) is 15.8. The van der Waals surface area contributed by atoms with Gasteiger partial charge in [-0.3, -0.25) is 4.90 Å². The molecule has 0 amide bonds. The van der Waals surface area contributed by atoms with E-state index in [-0.39, 0.29) is 12.4 Å². The third kappa shape index (κ3) is 4.61. The Morgan fingerprint density at radius 2 is 1.91 bits per heavy atom. The van der Waals surface area contributed by atoms with Gasteiger partial charge in [0.25, 0.3) is 0 Å². The molecule has 130 valence electrons. The van der Waals surface area contributed by atoms with E-state index in [2.05, 4.69) is 41.1 Å². The lowest BCUT2D eigenvalue weighted by atomic mass is 9.89. The van der Waals surface area contributed by atoms with Gasteiger partial charge >= 0.3 is 0 Å². The highest BCUT2D eigenvalue weighted by Crippen LogP contribution is 2.29. The highest BCUT2D eigenvalue weighted by molar-refractivity contribution is 6.31. The molecule has 1 N–H and O–H groups in total. The number of hydrogen-bond donors (Lipinski definition) is 1. The first-order valence-corrected chi connectivity index (χ1v) is 8.87. The molecule has 2 atom stereocenters. The van der Waals surface area contributed by atoms with Crippen molar-refractivity contribution in [1.82, 2.24) is 15.1 Å². The molecule has 5 heteroatoms. The normalized spacial score (nSPS) is 27.6. The van der Waals surface area contributed by atoms with Gasteiger partial charge in [-0.1, -0.05) is 36.7 Å². The Morgan fingerprint density at radius 1 is 1.22 bits per heavy atom. The zero-order valence-electron chi connectivity index (χ0n) is 14.2. The highest BCUT2D eigenvalue weighted by Gasteiger charge is 2.32. The van der Waals surface area contributed by atoms with E-state index in [0.717, 1.165) is 18.1 Å². The molecular weight excluding hydrogens is 329 g/mol. The number of piperazine rings is 1. The van der Waals surface area contributed by atoms with E-state index in [4.69, 9.17) is 11.6 Å². The van der Waals surface area contributed by atoms with E-state index in [1.165, 1.54) is 44.7 Å². The molecule has 2 aliphatic heterocycles. The third-order valence-electron chi connectivity index (χ3n) is 5.37. The van der Waals surface area contributed by atoms with Crippen LogP contribution in [-0.2, 0) is 0 Å². The summed E-state index contributed by atoms with van der Waals surface area (Å²) in [5.41, 5.74) is 1.72. The smallest absolute Gasteiger partial charge is 0.0453 e. The maximum Gasteiger partial charge on any atom is 0.0453 e. The average Bonchev–Trinajstić information content (AvgIpc) is 2.94. The van der Waals surface area contributed by atoms with Gasteiger partial charge in [0.05, 0.1) is 0 Å². The first-order valence-electron chi connectivity index (χ1n) is 8.49. The Hall–Kier alpha value is -0.320. The van der Waals surface area contributed by atoms with E-state index >= 15 is 0 Å². The van der Waals surface area contributed by atoms with Crippen LogP contribution in [0.2, 0.25) is 5.02 Å². The minimum Gasteiger partial charge on any atom is -0.316 e. The van der Waals surface area contributed by atoms with Crippen LogP contribution in [0.25, 0.3) is 0 Å². The van der Waals surface area contributed by atoms with Crippen LogP contribution in [-0.4, -0.2) is 55.6 Å². The summed E-state index contributed by atoms with van der Waals surface area (Å²) in [4.78, 5) is 5.20. The maximum atomic E-state index is 6.35. The number of benzene rings is 1. The van der Waals surface area contributed by atoms with Gasteiger partial charge in [0, 0.05) is 50.3 Å². The van der Waals surface area contributed by atoms with Gasteiger partial charge in [-0.25, -0.2) is 0 Å². The van der Waals surface area contributed by atoms with E-state index in [1.807, 2.05) is 12.1 Å². The molecular formula is C18H29Cl2N3. The largest absolute Gasteiger partial charge is 0.316 e. The molecule has 0 radical (unpaired) electrons. The fourth-order valence-corrected chi connectivity index (χ4v) is 4.16. The minimum atomic E-state index is 0. The predicted octanol–water partition coefficient (Wildman–Crippen LogP) is 3.44. The molecule has 0 aromatic heterocycles. The molecule has 0 bridgehead atoms. The second-order valence-corrected chi connectivity index (χ2v) is 7.65. The lowest BCUT2D eigenvalue weighted by molar-refractivity contribution is 0.0761. The van der Waals surface area contributed by atoms with Crippen molar-refractivity contribution in [2.45, 2.75) is 26.3 Å². The van der Waals surface area contributed by atoms with Crippen LogP contribution in [0.1, 0.15) is 31.9 Å². The fraction of sp³-hybridized carbons (Fsp3) is 0.667. The van der Waals surface area contributed by atoms with Gasteiger partial charge in [-0.05, 0) is 36.9 Å². The van der Waals surface area contributed by atoms with Crippen LogP contribution in [0.4, 0.5) is 0 Å². The lowest BCUT2D eigenvalue weighted by Crippen LogP contribution is -2.50. The van der Waals surface area contributed by atoms with Crippen molar-refractivity contribution in [3.05, 3.63) is 34.9 Å². The predicted molar refractivity (Wildman–Crippen MR) is 101 cm³/mol. The topological polar surface area (TPSA) is 18.5 Å². The Morgan fingerprint density at radius 3 is 2.52 bits per heavy atom. The van der Waals surface area contributed by atoms with Gasteiger partial charge in [-0.15, -0.1) is 12.4 Å².